The molecule has 90 valence electrons. The molecule has 2 aliphatic rings. The molecule has 0 N–H and O–H groups in total. The highest BCUT2D eigenvalue weighted by atomic mass is 16.6. The number of esters is 2. The van der Waals surface area contributed by atoms with Crippen LogP contribution in [0.15, 0.2) is 0 Å². The van der Waals surface area contributed by atoms with E-state index < -0.39 is 11.9 Å². The van der Waals surface area contributed by atoms with Gasteiger partial charge in [-0.25, -0.2) is 0 Å². The Morgan fingerprint density at radius 1 is 1.31 bits per heavy atom. The van der Waals surface area contributed by atoms with E-state index in [1.165, 1.54) is 0 Å². The topological polar surface area (TPSA) is 49.9 Å². The van der Waals surface area contributed by atoms with Gasteiger partial charge >= 0.3 is 11.9 Å². The molecular formula is C11H18N2O3. The van der Waals surface area contributed by atoms with Crippen LogP contribution in [0, 0.1) is 0 Å². The number of morpholine rings is 1. The summed E-state index contributed by atoms with van der Waals surface area (Å²) in [7, 11) is 0. The van der Waals surface area contributed by atoms with Crippen LogP contribution >= 0.6 is 0 Å². The molecule has 2 saturated heterocycles. The summed E-state index contributed by atoms with van der Waals surface area (Å²) in [6, 6.07) is 0.325. The normalized spacial score (nSPS) is 29.2. The number of likely N-dealkylation sites (N-methyl/N-ethyl adjacent to an activating group) is 1. The summed E-state index contributed by atoms with van der Waals surface area (Å²) < 4.78 is 4.53. The SMILES string of the molecule is CCN1CCCC(N2CC(=O)OC(=O)C2)C1. The molecule has 16 heavy (non-hydrogen) atoms. The molecule has 1 atom stereocenters. The molecule has 1 unspecified atom stereocenters. The van der Waals surface area contributed by atoms with E-state index in [-0.39, 0.29) is 13.1 Å². The van der Waals surface area contributed by atoms with Crippen molar-refractivity contribution in [1.82, 2.24) is 9.80 Å². The number of rotatable bonds is 2. The number of piperidine rings is 1. The molecule has 0 aromatic heterocycles. The summed E-state index contributed by atoms with van der Waals surface area (Å²) in [5.41, 5.74) is 0. The summed E-state index contributed by atoms with van der Waals surface area (Å²) in [5.74, 6) is -0.824. The van der Waals surface area contributed by atoms with Gasteiger partial charge in [0.15, 0.2) is 0 Å². The van der Waals surface area contributed by atoms with Gasteiger partial charge in [-0.3, -0.25) is 14.5 Å². The van der Waals surface area contributed by atoms with E-state index >= 15 is 0 Å². The maximum absolute atomic E-state index is 11.2. The van der Waals surface area contributed by atoms with Crippen LogP contribution in [0.1, 0.15) is 19.8 Å². The Kier molecular flexibility index (Phi) is 3.56. The minimum atomic E-state index is -0.412. The number of ether oxygens (including phenoxy) is 1. The van der Waals surface area contributed by atoms with E-state index in [0.29, 0.717) is 6.04 Å². The average Bonchev–Trinajstić information content (AvgIpc) is 2.28. The second kappa shape index (κ2) is 4.93. The Balaban J connectivity index is 1.95. The van der Waals surface area contributed by atoms with Crippen molar-refractivity contribution in [3.63, 3.8) is 0 Å². The monoisotopic (exact) mass is 226 g/mol. The molecule has 0 aromatic carbocycles. The van der Waals surface area contributed by atoms with Gasteiger partial charge in [0.2, 0.25) is 0 Å². The Bertz CT molecular complexity index is 277. The van der Waals surface area contributed by atoms with E-state index in [1.54, 1.807) is 0 Å². The van der Waals surface area contributed by atoms with E-state index in [4.69, 9.17) is 0 Å². The molecule has 0 radical (unpaired) electrons. The van der Waals surface area contributed by atoms with Crippen LogP contribution in [0.25, 0.3) is 0 Å². The zero-order valence-electron chi connectivity index (χ0n) is 9.65. The third-order valence-electron chi connectivity index (χ3n) is 3.34. The fourth-order valence-corrected chi connectivity index (χ4v) is 2.45. The Morgan fingerprint density at radius 3 is 2.62 bits per heavy atom. The first-order valence-electron chi connectivity index (χ1n) is 5.89. The van der Waals surface area contributed by atoms with Gasteiger partial charge in [0, 0.05) is 12.6 Å². The minimum Gasteiger partial charge on any atom is -0.391 e. The quantitative estimate of drug-likeness (QED) is 0.484. The molecule has 0 saturated carbocycles. The Morgan fingerprint density at radius 2 is 2.00 bits per heavy atom. The van der Waals surface area contributed by atoms with Crippen LogP contribution in [0.5, 0.6) is 0 Å². The van der Waals surface area contributed by atoms with Crippen molar-refractivity contribution in [2.24, 2.45) is 0 Å². The van der Waals surface area contributed by atoms with Crippen molar-refractivity contribution in [2.45, 2.75) is 25.8 Å². The second-order valence-electron chi connectivity index (χ2n) is 4.44. The van der Waals surface area contributed by atoms with Gasteiger partial charge in [-0.15, -0.1) is 0 Å². The van der Waals surface area contributed by atoms with Crippen LogP contribution in [-0.4, -0.2) is 60.5 Å². The van der Waals surface area contributed by atoms with E-state index in [2.05, 4.69) is 16.6 Å². The van der Waals surface area contributed by atoms with Gasteiger partial charge in [0.1, 0.15) is 0 Å². The van der Waals surface area contributed by atoms with Crippen LogP contribution in [-0.2, 0) is 14.3 Å². The highest BCUT2D eigenvalue weighted by Crippen LogP contribution is 2.17. The summed E-state index contributed by atoms with van der Waals surface area (Å²) >= 11 is 0. The molecule has 2 heterocycles. The zero-order valence-corrected chi connectivity index (χ0v) is 9.65. The second-order valence-corrected chi connectivity index (χ2v) is 4.44. The number of carbonyl (C=O) groups excluding carboxylic acids is 2. The summed E-state index contributed by atoms with van der Waals surface area (Å²) in [6.07, 6.45) is 2.20. The van der Waals surface area contributed by atoms with Crippen molar-refractivity contribution in [3.05, 3.63) is 0 Å². The standard InChI is InChI=1S/C11H18N2O3/c1-2-12-5-3-4-9(6-12)13-7-10(14)16-11(15)8-13/h9H,2-8H2,1H3. The first-order valence-corrected chi connectivity index (χ1v) is 5.89. The van der Waals surface area contributed by atoms with Crippen LogP contribution < -0.4 is 0 Å². The van der Waals surface area contributed by atoms with Crippen molar-refractivity contribution < 1.29 is 14.3 Å². The Labute approximate surface area is 95.3 Å². The molecule has 5 heteroatoms. The lowest BCUT2D eigenvalue weighted by Crippen LogP contribution is -2.53. The third-order valence-corrected chi connectivity index (χ3v) is 3.34. The molecule has 0 bridgehead atoms. The van der Waals surface area contributed by atoms with E-state index in [9.17, 15) is 9.59 Å². The molecule has 0 aliphatic carbocycles. The molecule has 0 aromatic rings. The molecule has 2 aliphatic heterocycles. The van der Waals surface area contributed by atoms with E-state index in [0.717, 1.165) is 32.5 Å². The molecule has 0 spiro atoms. The number of hydrogen-bond acceptors (Lipinski definition) is 5. The van der Waals surface area contributed by atoms with Gasteiger partial charge < -0.3 is 9.64 Å². The predicted octanol–water partition coefficient (Wildman–Crippen LogP) is -0.144. The first-order chi connectivity index (χ1) is 7.69. The minimum absolute atomic E-state index is 0.258. The van der Waals surface area contributed by atoms with Crippen molar-refractivity contribution in [3.8, 4) is 0 Å². The molecular weight excluding hydrogens is 208 g/mol. The zero-order chi connectivity index (χ0) is 11.5. The number of likely N-dealkylation sites (tertiary alicyclic amines) is 1. The lowest BCUT2D eigenvalue weighted by molar-refractivity contribution is -0.168. The van der Waals surface area contributed by atoms with Crippen LogP contribution in [0.4, 0.5) is 0 Å². The van der Waals surface area contributed by atoms with Crippen LogP contribution in [0.2, 0.25) is 0 Å². The first kappa shape index (κ1) is 11.5. The highest BCUT2D eigenvalue weighted by Gasteiger charge is 2.32. The predicted molar refractivity (Wildman–Crippen MR) is 57.8 cm³/mol. The number of hydrogen-bond donors (Lipinski definition) is 0. The number of nitrogens with zero attached hydrogens (tertiary/aromatic N) is 2. The lowest BCUT2D eigenvalue weighted by Gasteiger charge is -2.39. The molecule has 2 fully saturated rings. The largest absolute Gasteiger partial charge is 0.391 e. The highest BCUT2D eigenvalue weighted by molar-refractivity contribution is 5.90. The van der Waals surface area contributed by atoms with Gasteiger partial charge in [0.25, 0.3) is 0 Å². The van der Waals surface area contributed by atoms with Gasteiger partial charge in [0.05, 0.1) is 13.1 Å². The van der Waals surface area contributed by atoms with Gasteiger partial charge in [-0.2, -0.15) is 0 Å². The summed E-state index contributed by atoms with van der Waals surface area (Å²) in [5, 5.41) is 0. The summed E-state index contributed by atoms with van der Waals surface area (Å²) in [4.78, 5) is 26.7. The smallest absolute Gasteiger partial charge is 0.327 e. The number of carbonyl (C=O) groups is 2. The molecule has 2 rings (SSSR count). The summed E-state index contributed by atoms with van der Waals surface area (Å²) in [6.45, 7) is 5.76. The Hall–Kier alpha value is -0.940. The van der Waals surface area contributed by atoms with Crippen LogP contribution in [0.3, 0.4) is 0 Å². The van der Waals surface area contributed by atoms with E-state index in [1.807, 2.05) is 4.90 Å². The maximum atomic E-state index is 11.2. The van der Waals surface area contributed by atoms with Crippen molar-refractivity contribution in [1.29, 1.82) is 0 Å². The number of cyclic esters (lactones) is 2. The van der Waals surface area contributed by atoms with Crippen molar-refractivity contribution in [2.75, 3.05) is 32.7 Å². The molecule has 0 amide bonds. The van der Waals surface area contributed by atoms with Gasteiger partial charge in [-0.05, 0) is 25.9 Å². The van der Waals surface area contributed by atoms with Crippen molar-refractivity contribution >= 4 is 11.9 Å². The third kappa shape index (κ3) is 2.59. The van der Waals surface area contributed by atoms with Gasteiger partial charge in [-0.1, -0.05) is 6.92 Å². The maximum Gasteiger partial charge on any atom is 0.327 e. The fourth-order valence-electron chi connectivity index (χ4n) is 2.45. The average molecular weight is 226 g/mol. The molecule has 5 nitrogen and oxygen atoms in total. The fraction of sp³-hybridized carbons (Fsp3) is 0.818. The lowest BCUT2D eigenvalue weighted by atomic mass is 10.0.